The van der Waals surface area contributed by atoms with Crippen LogP contribution in [0.1, 0.15) is 36.0 Å². The number of rotatable bonds is 7. The van der Waals surface area contributed by atoms with Gasteiger partial charge in [-0.2, -0.15) is 4.98 Å². The molecule has 1 aromatic carbocycles. The van der Waals surface area contributed by atoms with Crippen LogP contribution in [0.25, 0.3) is 0 Å². The summed E-state index contributed by atoms with van der Waals surface area (Å²) >= 11 is 0. The van der Waals surface area contributed by atoms with Gasteiger partial charge in [-0.1, -0.05) is 6.07 Å². The topological polar surface area (TPSA) is 91.8 Å². The molecule has 1 fully saturated rings. The standard InChI is InChI=1S/C20H25N3O5/c1-25-16-6-4-5-15(19(16)27-3)20(24)22-13-7-9-14(10-8-13)28-18-12-21-11-17(23-18)26-2/h4-6,11-14H,7-10H2,1-3H3,(H,22,24). The van der Waals surface area contributed by atoms with E-state index in [9.17, 15) is 4.79 Å². The number of ether oxygens (including phenoxy) is 4. The zero-order valence-electron chi connectivity index (χ0n) is 16.3. The summed E-state index contributed by atoms with van der Waals surface area (Å²) in [6.07, 6.45) is 6.43. The van der Waals surface area contributed by atoms with Crippen LogP contribution in [-0.4, -0.2) is 49.4 Å². The Morgan fingerprint density at radius 1 is 1.00 bits per heavy atom. The minimum absolute atomic E-state index is 0.0425. The number of nitrogens with one attached hydrogen (secondary N) is 1. The zero-order valence-corrected chi connectivity index (χ0v) is 16.3. The van der Waals surface area contributed by atoms with Crippen molar-refractivity contribution in [3.05, 3.63) is 36.2 Å². The van der Waals surface area contributed by atoms with Gasteiger partial charge < -0.3 is 24.3 Å². The Hall–Kier alpha value is -3.03. The SMILES string of the molecule is COc1cncc(OC2CCC(NC(=O)c3cccc(OC)c3OC)CC2)n1. The monoisotopic (exact) mass is 387 g/mol. The predicted molar refractivity (Wildman–Crippen MR) is 102 cm³/mol. The van der Waals surface area contributed by atoms with Crippen LogP contribution in [0.4, 0.5) is 0 Å². The minimum Gasteiger partial charge on any atom is -0.493 e. The van der Waals surface area contributed by atoms with E-state index in [1.807, 2.05) is 0 Å². The molecule has 0 radical (unpaired) electrons. The molecule has 0 aliphatic heterocycles. The molecular formula is C20H25N3O5. The first-order valence-corrected chi connectivity index (χ1v) is 9.19. The highest BCUT2D eigenvalue weighted by atomic mass is 16.5. The first-order chi connectivity index (χ1) is 13.6. The van der Waals surface area contributed by atoms with E-state index in [1.54, 1.807) is 38.6 Å². The van der Waals surface area contributed by atoms with Gasteiger partial charge in [0.1, 0.15) is 6.10 Å². The van der Waals surface area contributed by atoms with Crippen LogP contribution >= 0.6 is 0 Å². The fourth-order valence-corrected chi connectivity index (χ4v) is 3.31. The van der Waals surface area contributed by atoms with E-state index in [0.717, 1.165) is 25.7 Å². The lowest BCUT2D eigenvalue weighted by Crippen LogP contribution is -2.39. The van der Waals surface area contributed by atoms with Crippen molar-refractivity contribution in [2.45, 2.75) is 37.8 Å². The molecule has 3 rings (SSSR count). The molecular weight excluding hydrogens is 362 g/mol. The Bertz CT molecular complexity index is 806. The molecule has 1 N–H and O–H groups in total. The lowest BCUT2D eigenvalue weighted by atomic mass is 9.92. The maximum atomic E-state index is 12.7. The molecule has 2 aromatic rings. The Morgan fingerprint density at radius 3 is 2.43 bits per heavy atom. The van der Waals surface area contributed by atoms with Crippen LogP contribution in [-0.2, 0) is 0 Å². The number of benzene rings is 1. The van der Waals surface area contributed by atoms with Gasteiger partial charge in [0.25, 0.3) is 5.91 Å². The third-order valence-corrected chi connectivity index (χ3v) is 4.74. The highest BCUT2D eigenvalue weighted by Gasteiger charge is 2.26. The lowest BCUT2D eigenvalue weighted by Gasteiger charge is -2.29. The van der Waals surface area contributed by atoms with Gasteiger partial charge in [-0.05, 0) is 37.8 Å². The van der Waals surface area contributed by atoms with Crippen LogP contribution < -0.4 is 24.3 Å². The minimum atomic E-state index is -0.168. The second-order valence-electron chi connectivity index (χ2n) is 6.51. The van der Waals surface area contributed by atoms with E-state index in [-0.39, 0.29) is 18.1 Å². The summed E-state index contributed by atoms with van der Waals surface area (Å²) in [5.74, 6) is 1.68. The first-order valence-electron chi connectivity index (χ1n) is 9.19. The summed E-state index contributed by atoms with van der Waals surface area (Å²) in [6.45, 7) is 0. The summed E-state index contributed by atoms with van der Waals surface area (Å²) in [5.41, 5.74) is 0.465. The van der Waals surface area contributed by atoms with Gasteiger partial charge in [0.05, 0.1) is 39.3 Å². The summed E-state index contributed by atoms with van der Waals surface area (Å²) in [4.78, 5) is 21.0. The van der Waals surface area contributed by atoms with Crippen molar-refractivity contribution in [2.75, 3.05) is 21.3 Å². The lowest BCUT2D eigenvalue weighted by molar-refractivity contribution is 0.0885. The normalized spacial score (nSPS) is 18.8. The molecule has 1 aromatic heterocycles. The Labute approximate surface area is 164 Å². The molecule has 8 heteroatoms. The van der Waals surface area contributed by atoms with E-state index in [0.29, 0.717) is 28.8 Å². The number of amides is 1. The van der Waals surface area contributed by atoms with Gasteiger partial charge in [0, 0.05) is 6.04 Å². The maximum absolute atomic E-state index is 12.7. The fourth-order valence-electron chi connectivity index (χ4n) is 3.31. The number of hydrogen-bond acceptors (Lipinski definition) is 7. The zero-order chi connectivity index (χ0) is 19.9. The maximum Gasteiger partial charge on any atom is 0.255 e. The number of methoxy groups -OCH3 is 3. The molecule has 0 atom stereocenters. The molecule has 0 bridgehead atoms. The molecule has 1 amide bonds. The van der Waals surface area contributed by atoms with Crippen LogP contribution in [0.5, 0.6) is 23.3 Å². The van der Waals surface area contributed by atoms with E-state index >= 15 is 0 Å². The number of nitrogens with zero attached hydrogens (tertiary/aromatic N) is 2. The smallest absolute Gasteiger partial charge is 0.255 e. The van der Waals surface area contributed by atoms with E-state index in [4.69, 9.17) is 18.9 Å². The van der Waals surface area contributed by atoms with Crippen LogP contribution in [0.2, 0.25) is 0 Å². The van der Waals surface area contributed by atoms with Crippen molar-refractivity contribution < 1.29 is 23.7 Å². The number of hydrogen-bond donors (Lipinski definition) is 1. The average molecular weight is 387 g/mol. The fraction of sp³-hybridized carbons (Fsp3) is 0.450. The molecule has 150 valence electrons. The van der Waals surface area contributed by atoms with Crippen LogP contribution in [0.15, 0.2) is 30.6 Å². The van der Waals surface area contributed by atoms with Crippen molar-refractivity contribution in [2.24, 2.45) is 0 Å². The van der Waals surface area contributed by atoms with Gasteiger partial charge in [-0.15, -0.1) is 0 Å². The highest BCUT2D eigenvalue weighted by Crippen LogP contribution is 2.31. The molecule has 8 nitrogen and oxygen atoms in total. The number of para-hydroxylation sites is 1. The van der Waals surface area contributed by atoms with Gasteiger partial charge in [-0.3, -0.25) is 9.78 Å². The summed E-state index contributed by atoms with van der Waals surface area (Å²) in [7, 11) is 4.62. The average Bonchev–Trinajstić information content (AvgIpc) is 2.74. The summed E-state index contributed by atoms with van der Waals surface area (Å²) in [6, 6.07) is 5.35. The van der Waals surface area contributed by atoms with Crippen molar-refractivity contribution >= 4 is 5.91 Å². The van der Waals surface area contributed by atoms with Crippen molar-refractivity contribution in [3.8, 4) is 23.3 Å². The van der Waals surface area contributed by atoms with E-state index in [2.05, 4.69) is 15.3 Å². The molecule has 1 saturated carbocycles. The van der Waals surface area contributed by atoms with Gasteiger partial charge in [-0.25, -0.2) is 0 Å². The first kappa shape index (κ1) is 19.7. The molecule has 0 spiro atoms. The largest absolute Gasteiger partial charge is 0.493 e. The van der Waals surface area contributed by atoms with E-state index < -0.39 is 0 Å². The quantitative estimate of drug-likeness (QED) is 0.781. The summed E-state index contributed by atoms with van der Waals surface area (Å²) in [5, 5.41) is 3.09. The van der Waals surface area contributed by atoms with Gasteiger partial charge in [0.2, 0.25) is 11.8 Å². The summed E-state index contributed by atoms with van der Waals surface area (Å²) < 4.78 is 21.6. The predicted octanol–water partition coefficient (Wildman–Crippen LogP) is 2.62. The Kier molecular flexibility index (Phi) is 6.52. The van der Waals surface area contributed by atoms with Crippen molar-refractivity contribution in [3.63, 3.8) is 0 Å². The molecule has 1 aliphatic rings. The van der Waals surface area contributed by atoms with Crippen molar-refractivity contribution in [1.29, 1.82) is 0 Å². The number of carbonyl (C=O) groups is 1. The van der Waals surface area contributed by atoms with Crippen LogP contribution in [0, 0.1) is 0 Å². The molecule has 1 heterocycles. The second-order valence-corrected chi connectivity index (χ2v) is 6.51. The van der Waals surface area contributed by atoms with Gasteiger partial charge in [0.15, 0.2) is 11.5 Å². The number of aromatic nitrogens is 2. The van der Waals surface area contributed by atoms with Gasteiger partial charge >= 0.3 is 0 Å². The molecule has 28 heavy (non-hydrogen) atoms. The molecule has 0 saturated heterocycles. The highest BCUT2D eigenvalue weighted by molar-refractivity contribution is 5.98. The molecule has 1 aliphatic carbocycles. The Morgan fingerprint density at radius 2 is 1.75 bits per heavy atom. The number of carbonyl (C=O) groups excluding carboxylic acids is 1. The Balaban J connectivity index is 1.55. The third kappa shape index (κ3) is 4.62. The van der Waals surface area contributed by atoms with Crippen molar-refractivity contribution in [1.82, 2.24) is 15.3 Å². The molecule has 0 unspecified atom stereocenters. The second kappa shape index (κ2) is 9.25. The van der Waals surface area contributed by atoms with E-state index in [1.165, 1.54) is 13.3 Å². The third-order valence-electron chi connectivity index (χ3n) is 4.74. The van der Waals surface area contributed by atoms with Crippen LogP contribution in [0.3, 0.4) is 0 Å².